The lowest BCUT2D eigenvalue weighted by molar-refractivity contribution is -0.119. The maximum Gasteiger partial charge on any atom is 0.321 e. The third-order valence-corrected chi connectivity index (χ3v) is 3.91. The van der Waals surface area contributed by atoms with E-state index >= 15 is 0 Å². The summed E-state index contributed by atoms with van der Waals surface area (Å²) < 4.78 is 0. The van der Waals surface area contributed by atoms with E-state index in [1.807, 2.05) is 31.4 Å². The van der Waals surface area contributed by atoms with Crippen molar-refractivity contribution < 1.29 is 9.59 Å². The molecule has 1 unspecified atom stereocenters. The molecule has 0 saturated heterocycles. The van der Waals surface area contributed by atoms with Gasteiger partial charge in [-0.25, -0.2) is 4.79 Å². The SMILES string of the molecule is CC(Cl)C(=O)NC(=O)NCC(C)(C)c1cccs1. The Bertz CT molecular complexity index is 416. The van der Waals surface area contributed by atoms with Crippen molar-refractivity contribution in [1.82, 2.24) is 10.6 Å². The highest BCUT2D eigenvalue weighted by atomic mass is 35.5. The van der Waals surface area contributed by atoms with Gasteiger partial charge in [-0.15, -0.1) is 22.9 Å². The zero-order chi connectivity index (χ0) is 13.8. The van der Waals surface area contributed by atoms with Crippen LogP contribution in [0.25, 0.3) is 0 Å². The van der Waals surface area contributed by atoms with E-state index in [-0.39, 0.29) is 5.41 Å². The lowest BCUT2D eigenvalue weighted by Crippen LogP contribution is -2.45. The number of thiophene rings is 1. The monoisotopic (exact) mass is 288 g/mol. The van der Waals surface area contributed by atoms with Gasteiger partial charge in [0.2, 0.25) is 5.91 Å². The highest BCUT2D eigenvalue weighted by Crippen LogP contribution is 2.26. The highest BCUT2D eigenvalue weighted by molar-refractivity contribution is 7.10. The summed E-state index contributed by atoms with van der Waals surface area (Å²) in [6, 6.07) is 3.48. The van der Waals surface area contributed by atoms with Gasteiger partial charge in [-0.2, -0.15) is 0 Å². The van der Waals surface area contributed by atoms with Crippen molar-refractivity contribution in [1.29, 1.82) is 0 Å². The third kappa shape index (κ3) is 4.31. The number of hydrogen-bond donors (Lipinski definition) is 2. The first-order valence-corrected chi connectivity index (χ1v) is 6.91. The lowest BCUT2D eigenvalue weighted by Gasteiger charge is -2.23. The van der Waals surface area contributed by atoms with Gasteiger partial charge in [0.15, 0.2) is 0 Å². The van der Waals surface area contributed by atoms with E-state index in [9.17, 15) is 9.59 Å². The Hall–Kier alpha value is -1.07. The number of urea groups is 1. The fourth-order valence-electron chi connectivity index (χ4n) is 1.31. The van der Waals surface area contributed by atoms with Gasteiger partial charge in [0.05, 0.1) is 0 Å². The number of hydrogen-bond acceptors (Lipinski definition) is 3. The van der Waals surface area contributed by atoms with Crippen molar-refractivity contribution >= 4 is 34.9 Å². The Morgan fingerprint density at radius 1 is 1.50 bits per heavy atom. The minimum absolute atomic E-state index is 0.166. The fourth-order valence-corrected chi connectivity index (χ4v) is 2.21. The minimum Gasteiger partial charge on any atom is -0.337 e. The summed E-state index contributed by atoms with van der Waals surface area (Å²) in [6.07, 6.45) is 0. The fraction of sp³-hybridized carbons (Fsp3) is 0.500. The van der Waals surface area contributed by atoms with Crippen LogP contribution in [0.1, 0.15) is 25.6 Å². The number of halogens is 1. The van der Waals surface area contributed by atoms with Gasteiger partial charge in [0, 0.05) is 16.8 Å². The molecular formula is C12H17ClN2O2S. The second-order valence-electron chi connectivity index (χ2n) is 4.65. The average molecular weight is 289 g/mol. The molecule has 3 amide bonds. The maximum absolute atomic E-state index is 11.5. The zero-order valence-corrected chi connectivity index (χ0v) is 12.2. The van der Waals surface area contributed by atoms with Crippen LogP contribution in [0.15, 0.2) is 17.5 Å². The first kappa shape index (κ1) is 15.0. The van der Waals surface area contributed by atoms with Crippen LogP contribution in [-0.2, 0) is 10.2 Å². The van der Waals surface area contributed by atoms with Crippen LogP contribution in [0.4, 0.5) is 4.79 Å². The van der Waals surface area contributed by atoms with Crippen molar-refractivity contribution in [2.75, 3.05) is 6.54 Å². The molecule has 100 valence electrons. The molecule has 1 rings (SSSR count). The molecule has 0 aliphatic heterocycles. The van der Waals surface area contributed by atoms with Gasteiger partial charge in [-0.1, -0.05) is 19.9 Å². The molecule has 18 heavy (non-hydrogen) atoms. The summed E-state index contributed by atoms with van der Waals surface area (Å²) in [4.78, 5) is 23.9. The number of amides is 3. The van der Waals surface area contributed by atoms with Crippen molar-refractivity contribution in [3.8, 4) is 0 Å². The summed E-state index contributed by atoms with van der Waals surface area (Å²) in [5.41, 5.74) is -0.166. The molecule has 0 aliphatic carbocycles. The largest absolute Gasteiger partial charge is 0.337 e. The quantitative estimate of drug-likeness (QED) is 0.836. The first-order valence-electron chi connectivity index (χ1n) is 5.59. The predicted molar refractivity (Wildman–Crippen MR) is 74.2 cm³/mol. The highest BCUT2D eigenvalue weighted by Gasteiger charge is 2.23. The Balaban J connectivity index is 2.46. The molecular weight excluding hydrogens is 272 g/mol. The van der Waals surface area contributed by atoms with Crippen LogP contribution in [0.2, 0.25) is 0 Å². The minimum atomic E-state index is -0.721. The molecule has 0 fully saturated rings. The number of carbonyl (C=O) groups is 2. The lowest BCUT2D eigenvalue weighted by atomic mass is 9.91. The molecule has 1 atom stereocenters. The normalized spacial score (nSPS) is 12.9. The number of rotatable bonds is 4. The molecule has 0 aliphatic rings. The van der Waals surface area contributed by atoms with Gasteiger partial charge in [-0.3, -0.25) is 10.1 Å². The molecule has 1 aromatic heterocycles. The van der Waals surface area contributed by atoms with E-state index in [0.717, 1.165) is 0 Å². The first-order chi connectivity index (χ1) is 8.33. The van der Waals surface area contributed by atoms with Gasteiger partial charge < -0.3 is 5.32 Å². The molecule has 0 radical (unpaired) electrons. The zero-order valence-electron chi connectivity index (χ0n) is 10.6. The maximum atomic E-state index is 11.5. The van der Waals surface area contributed by atoms with E-state index in [1.165, 1.54) is 11.8 Å². The molecule has 1 heterocycles. The second kappa shape index (κ2) is 6.20. The molecule has 0 aromatic carbocycles. The van der Waals surface area contributed by atoms with Gasteiger partial charge in [-0.05, 0) is 18.4 Å². The molecule has 6 heteroatoms. The third-order valence-electron chi connectivity index (χ3n) is 2.48. The van der Waals surface area contributed by atoms with E-state index in [2.05, 4.69) is 10.6 Å². The molecule has 0 bridgehead atoms. The Morgan fingerprint density at radius 3 is 2.67 bits per heavy atom. The predicted octanol–water partition coefficient (Wildman–Crippen LogP) is 2.48. The summed E-state index contributed by atoms with van der Waals surface area (Å²) in [5, 5.41) is 6.13. The molecule has 4 nitrogen and oxygen atoms in total. The molecule has 0 saturated carbocycles. The number of imide groups is 1. The smallest absolute Gasteiger partial charge is 0.321 e. The summed E-state index contributed by atoms with van der Waals surface area (Å²) in [6.45, 7) is 6.03. The summed E-state index contributed by atoms with van der Waals surface area (Å²) in [7, 11) is 0. The Kier molecular flexibility index (Phi) is 5.16. The topological polar surface area (TPSA) is 58.2 Å². The van der Waals surface area contributed by atoms with Gasteiger partial charge >= 0.3 is 6.03 Å². The van der Waals surface area contributed by atoms with Crippen LogP contribution in [0.5, 0.6) is 0 Å². The number of nitrogens with one attached hydrogen (secondary N) is 2. The van der Waals surface area contributed by atoms with Crippen LogP contribution in [0, 0.1) is 0 Å². The second-order valence-corrected chi connectivity index (χ2v) is 6.25. The van der Waals surface area contributed by atoms with Crippen molar-refractivity contribution in [3.05, 3.63) is 22.4 Å². The molecule has 2 N–H and O–H groups in total. The van der Waals surface area contributed by atoms with Crippen LogP contribution < -0.4 is 10.6 Å². The van der Waals surface area contributed by atoms with Crippen molar-refractivity contribution in [3.63, 3.8) is 0 Å². The number of alkyl halides is 1. The van der Waals surface area contributed by atoms with Crippen LogP contribution >= 0.6 is 22.9 Å². The average Bonchev–Trinajstić information content (AvgIpc) is 2.80. The van der Waals surface area contributed by atoms with E-state index in [4.69, 9.17) is 11.6 Å². The van der Waals surface area contributed by atoms with Gasteiger partial charge in [0.1, 0.15) is 5.38 Å². The van der Waals surface area contributed by atoms with Crippen LogP contribution in [-0.4, -0.2) is 23.9 Å². The Labute approximate surface area is 116 Å². The summed E-state index contributed by atoms with van der Waals surface area (Å²) >= 11 is 7.19. The Morgan fingerprint density at radius 2 is 2.17 bits per heavy atom. The van der Waals surface area contributed by atoms with Crippen molar-refractivity contribution in [2.24, 2.45) is 0 Å². The summed E-state index contributed by atoms with van der Waals surface area (Å²) in [5.74, 6) is -0.497. The number of carbonyl (C=O) groups excluding carboxylic acids is 2. The van der Waals surface area contributed by atoms with Crippen molar-refractivity contribution in [2.45, 2.75) is 31.6 Å². The molecule has 0 spiro atoms. The van der Waals surface area contributed by atoms with Gasteiger partial charge in [0.25, 0.3) is 0 Å². The van der Waals surface area contributed by atoms with E-state index in [0.29, 0.717) is 6.54 Å². The molecule has 1 aromatic rings. The van der Waals surface area contributed by atoms with E-state index < -0.39 is 17.3 Å². The standard InChI is InChI=1S/C12H17ClN2O2S/c1-8(13)10(16)15-11(17)14-7-12(2,3)9-5-4-6-18-9/h4-6,8H,7H2,1-3H3,(H2,14,15,16,17). The van der Waals surface area contributed by atoms with Crippen LogP contribution in [0.3, 0.4) is 0 Å². The van der Waals surface area contributed by atoms with E-state index in [1.54, 1.807) is 11.3 Å².